The van der Waals surface area contributed by atoms with E-state index in [9.17, 15) is 9.59 Å². The van der Waals surface area contributed by atoms with Crippen LogP contribution < -0.4 is 10.2 Å². The molecule has 1 unspecified atom stereocenters. The Morgan fingerprint density at radius 3 is 2.46 bits per heavy atom. The van der Waals surface area contributed by atoms with E-state index in [1.165, 1.54) is 5.56 Å². The molecule has 3 rings (SSSR count). The molecule has 1 heterocycles. The average molecular weight is 379 g/mol. The van der Waals surface area contributed by atoms with Gasteiger partial charge in [-0.3, -0.25) is 9.59 Å². The SMILES string of the molecule is CC(C)CCC(=O)C(NC(=O)c1ccccc1)N1CCCCc2ccccc21. The van der Waals surface area contributed by atoms with Crippen molar-refractivity contribution in [1.29, 1.82) is 0 Å². The number of hydrogen-bond donors (Lipinski definition) is 1. The van der Waals surface area contributed by atoms with E-state index < -0.39 is 6.17 Å². The Morgan fingerprint density at radius 1 is 1.00 bits per heavy atom. The van der Waals surface area contributed by atoms with Crippen molar-refractivity contribution in [2.75, 3.05) is 11.4 Å². The van der Waals surface area contributed by atoms with Crippen LogP contribution in [0.15, 0.2) is 54.6 Å². The minimum absolute atomic E-state index is 0.0784. The predicted molar refractivity (Wildman–Crippen MR) is 114 cm³/mol. The van der Waals surface area contributed by atoms with Gasteiger partial charge in [-0.05, 0) is 55.4 Å². The smallest absolute Gasteiger partial charge is 0.253 e. The quantitative estimate of drug-likeness (QED) is 0.766. The number of nitrogens with zero attached hydrogens (tertiary/aromatic N) is 1. The number of fused-ring (bicyclic) bond motifs is 1. The number of anilines is 1. The van der Waals surface area contributed by atoms with Gasteiger partial charge in [-0.25, -0.2) is 0 Å². The summed E-state index contributed by atoms with van der Waals surface area (Å²) in [5.41, 5.74) is 2.89. The van der Waals surface area contributed by atoms with Crippen LogP contribution in [0.5, 0.6) is 0 Å². The van der Waals surface area contributed by atoms with Gasteiger partial charge in [0.1, 0.15) is 0 Å². The molecule has 1 atom stereocenters. The van der Waals surface area contributed by atoms with Gasteiger partial charge in [-0.2, -0.15) is 0 Å². The molecule has 0 radical (unpaired) electrons. The Labute approximate surface area is 167 Å². The minimum atomic E-state index is -0.634. The van der Waals surface area contributed by atoms with Gasteiger partial charge in [-0.1, -0.05) is 50.2 Å². The molecule has 0 saturated carbocycles. The Balaban J connectivity index is 1.89. The van der Waals surface area contributed by atoms with E-state index in [4.69, 9.17) is 0 Å². The Hall–Kier alpha value is -2.62. The summed E-state index contributed by atoms with van der Waals surface area (Å²) in [5.74, 6) is 0.325. The molecule has 1 aliphatic rings. The molecule has 2 aromatic rings. The third kappa shape index (κ3) is 5.00. The van der Waals surface area contributed by atoms with Crippen LogP contribution >= 0.6 is 0 Å². The average Bonchev–Trinajstić information content (AvgIpc) is 2.93. The van der Waals surface area contributed by atoms with Gasteiger partial charge in [0.25, 0.3) is 5.91 Å². The number of carbonyl (C=O) groups is 2. The minimum Gasteiger partial charge on any atom is -0.345 e. The number of benzene rings is 2. The molecule has 0 saturated heterocycles. The standard InChI is InChI=1S/C24H30N2O2/c1-18(2)15-16-22(27)23(25-24(28)20-12-4-3-5-13-20)26-17-9-8-11-19-10-6-7-14-21(19)26/h3-7,10,12-14,18,23H,8-9,11,15-17H2,1-2H3,(H,25,28). The van der Waals surface area contributed by atoms with E-state index >= 15 is 0 Å². The largest absolute Gasteiger partial charge is 0.345 e. The number of aryl methyl sites for hydroxylation is 1. The second-order valence-electron chi connectivity index (χ2n) is 7.92. The zero-order valence-corrected chi connectivity index (χ0v) is 16.9. The lowest BCUT2D eigenvalue weighted by Gasteiger charge is -2.33. The third-order valence-corrected chi connectivity index (χ3v) is 5.28. The normalized spacial score (nSPS) is 14.9. The van der Waals surface area contributed by atoms with Gasteiger partial charge in [0.2, 0.25) is 0 Å². The summed E-state index contributed by atoms with van der Waals surface area (Å²) in [4.78, 5) is 28.1. The molecule has 2 aromatic carbocycles. The van der Waals surface area contributed by atoms with Crippen LogP contribution in [0.3, 0.4) is 0 Å². The van der Waals surface area contributed by atoms with Crippen LogP contribution in [0, 0.1) is 5.92 Å². The second-order valence-corrected chi connectivity index (χ2v) is 7.92. The Morgan fingerprint density at radius 2 is 1.71 bits per heavy atom. The Bertz CT molecular complexity index is 801. The number of hydrogen-bond acceptors (Lipinski definition) is 3. The first-order chi connectivity index (χ1) is 13.6. The van der Waals surface area contributed by atoms with Crippen LogP contribution in [0.25, 0.3) is 0 Å². The molecule has 28 heavy (non-hydrogen) atoms. The highest BCUT2D eigenvalue weighted by Crippen LogP contribution is 2.28. The van der Waals surface area contributed by atoms with E-state index in [1.807, 2.05) is 30.3 Å². The zero-order chi connectivity index (χ0) is 19.9. The van der Waals surface area contributed by atoms with E-state index in [0.29, 0.717) is 17.9 Å². The number of nitrogens with one attached hydrogen (secondary N) is 1. The first-order valence-corrected chi connectivity index (χ1v) is 10.3. The molecule has 1 N–H and O–H groups in total. The van der Waals surface area contributed by atoms with Crippen LogP contribution in [0.2, 0.25) is 0 Å². The molecule has 0 aliphatic carbocycles. The molecule has 0 bridgehead atoms. The van der Waals surface area contributed by atoms with Gasteiger partial charge >= 0.3 is 0 Å². The molecule has 0 fully saturated rings. The molecular weight excluding hydrogens is 348 g/mol. The monoisotopic (exact) mass is 378 g/mol. The third-order valence-electron chi connectivity index (χ3n) is 5.28. The predicted octanol–water partition coefficient (Wildman–Crippen LogP) is 4.59. The lowest BCUT2D eigenvalue weighted by molar-refractivity contribution is -0.121. The molecule has 148 valence electrons. The lowest BCUT2D eigenvalue weighted by atomic mass is 10.0. The summed E-state index contributed by atoms with van der Waals surface area (Å²) >= 11 is 0. The number of carbonyl (C=O) groups excluding carboxylic acids is 2. The van der Waals surface area contributed by atoms with Gasteiger partial charge in [0.15, 0.2) is 11.9 Å². The van der Waals surface area contributed by atoms with Crippen molar-refractivity contribution in [2.45, 2.75) is 52.1 Å². The van der Waals surface area contributed by atoms with Crippen LogP contribution in [-0.4, -0.2) is 24.4 Å². The molecule has 1 amide bonds. The fourth-order valence-corrected chi connectivity index (χ4v) is 3.69. The molecular formula is C24H30N2O2. The maximum absolute atomic E-state index is 13.2. The highest BCUT2D eigenvalue weighted by atomic mass is 16.2. The van der Waals surface area contributed by atoms with E-state index in [1.54, 1.807) is 12.1 Å². The second kappa shape index (κ2) is 9.54. The maximum atomic E-state index is 13.2. The van der Waals surface area contributed by atoms with Crippen molar-refractivity contribution in [2.24, 2.45) is 5.92 Å². The van der Waals surface area contributed by atoms with Crippen LogP contribution in [-0.2, 0) is 11.2 Å². The number of para-hydroxylation sites is 1. The summed E-state index contributed by atoms with van der Waals surface area (Å²) in [6.45, 7) is 5.00. The van der Waals surface area contributed by atoms with Gasteiger partial charge in [-0.15, -0.1) is 0 Å². The van der Waals surface area contributed by atoms with Crippen molar-refractivity contribution in [3.63, 3.8) is 0 Å². The van der Waals surface area contributed by atoms with Gasteiger partial charge in [0, 0.05) is 24.2 Å². The fourth-order valence-electron chi connectivity index (χ4n) is 3.69. The molecule has 1 aliphatic heterocycles. The van der Waals surface area contributed by atoms with Crippen LogP contribution in [0.4, 0.5) is 5.69 Å². The van der Waals surface area contributed by atoms with E-state index in [-0.39, 0.29) is 11.7 Å². The molecule has 4 heteroatoms. The summed E-state index contributed by atoms with van der Waals surface area (Å²) < 4.78 is 0. The number of ketones is 1. The number of Topliss-reactive ketones (excluding diaryl/α,β-unsaturated/α-hetero) is 1. The van der Waals surface area contributed by atoms with Crippen molar-refractivity contribution in [1.82, 2.24) is 5.32 Å². The topological polar surface area (TPSA) is 49.4 Å². The highest BCUT2D eigenvalue weighted by molar-refractivity contribution is 5.99. The van der Waals surface area contributed by atoms with Crippen LogP contribution in [0.1, 0.15) is 55.5 Å². The van der Waals surface area contributed by atoms with E-state index in [2.05, 4.69) is 36.2 Å². The summed E-state index contributed by atoms with van der Waals surface area (Å²) in [6.07, 6.45) is 3.76. The summed E-state index contributed by atoms with van der Waals surface area (Å²) in [5, 5.41) is 3.03. The maximum Gasteiger partial charge on any atom is 0.253 e. The van der Waals surface area contributed by atoms with Crippen molar-refractivity contribution in [3.05, 3.63) is 65.7 Å². The first-order valence-electron chi connectivity index (χ1n) is 10.3. The van der Waals surface area contributed by atoms with Crippen molar-refractivity contribution < 1.29 is 9.59 Å². The first kappa shape index (κ1) is 20.1. The van der Waals surface area contributed by atoms with Crippen molar-refractivity contribution in [3.8, 4) is 0 Å². The van der Waals surface area contributed by atoms with Crippen molar-refractivity contribution >= 4 is 17.4 Å². The number of amides is 1. The van der Waals surface area contributed by atoms with Gasteiger partial charge in [0.05, 0.1) is 0 Å². The highest BCUT2D eigenvalue weighted by Gasteiger charge is 2.30. The van der Waals surface area contributed by atoms with E-state index in [0.717, 1.165) is 37.9 Å². The molecule has 4 nitrogen and oxygen atoms in total. The summed E-state index contributed by atoms with van der Waals surface area (Å²) in [6, 6.07) is 17.4. The fraction of sp³-hybridized carbons (Fsp3) is 0.417. The molecule has 0 spiro atoms. The Kier molecular flexibility index (Phi) is 6.85. The lowest BCUT2D eigenvalue weighted by Crippen LogP contribution is -2.53. The number of rotatable bonds is 7. The zero-order valence-electron chi connectivity index (χ0n) is 16.9. The van der Waals surface area contributed by atoms with Gasteiger partial charge < -0.3 is 10.2 Å². The summed E-state index contributed by atoms with van der Waals surface area (Å²) in [7, 11) is 0. The molecule has 0 aromatic heterocycles.